The largest absolute Gasteiger partial charge is 0.302 e. The quantitative estimate of drug-likeness (QED) is 0.776. The summed E-state index contributed by atoms with van der Waals surface area (Å²) in [6.07, 6.45) is 10.7. The molecule has 0 aromatic heterocycles. The molecule has 20 heavy (non-hydrogen) atoms. The molecule has 0 saturated carbocycles. The molecule has 0 aliphatic rings. The summed E-state index contributed by atoms with van der Waals surface area (Å²) in [6, 6.07) is 16.9. The standard InChI is InChI=1S/C18H13NO/c1-3-16-12-8-9-13-17(16)19(18(20)4-2)14-15-10-6-5-7-11-15/h1-2,5-13H,14H2. The summed E-state index contributed by atoms with van der Waals surface area (Å²) in [7, 11) is 0. The van der Waals surface area contributed by atoms with Crippen LogP contribution in [0.1, 0.15) is 11.1 Å². The lowest BCUT2D eigenvalue weighted by atomic mass is 10.1. The fourth-order valence-electron chi connectivity index (χ4n) is 1.94. The van der Waals surface area contributed by atoms with Gasteiger partial charge in [0.15, 0.2) is 0 Å². The van der Waals surface area contributed by atoms with Gasteiger partial charge in [-0.1, -0.05) is 48.4 Å². The van der Waals surface area contributed by atoms with Gasteiger partial charge in [-0.15, -0.1) is 12.8 Å². The van der Waals surface area contributed by atoms with Gasteiger partial charge in [-0.25, -0.2) is 0 Å². The van der Waals surface area contributed by atoms with E-state index in [1.165, 1.54) is 4.90 Å². The molecule has 0 radical (unpaired) electrons. The summed E-state index contributed by atoms with van der Waals surface area (Å²) in [5, 5.41) is 0. The summed E-state index contributed by atoms with van der Waals surface area (Å²) in [5.74, 6) is 4.33. The van der Waals surface area contributed by atoms with Crippen molar-refractivity contribution in [3.8, 4) is 24.7 Å². The van der Waals surface area contributed by atoms with E-state index >= 15 is 0 Å². The van der Waals surface area contributed by atoms with Gasteiger partial charge < -0.3 is 0 Å². The first-order valence-corrected chi connectivity index (χ1v) is 6.14. The van der Waals surface area contributed by atoms with Crippen molar-refractivity contribution < 1.29 is 4.79 Å². The molecule has 0 N–H and O–H groups in total. The van der Waals surface area contributed by atoms with Gasteiger partial charge in [-0.05, 0) is 23.6 Å². The third-order valence-corrected chi connectivity index (χ3v) is 2.90. The first-order valence-electron chi connectivity index (χ1n) is 6.14. The minimum absolute atomic E-state index is 0.391. The van der Waals surface area contributed by atoms with Crippen LogP contribution in [0.15, 0.2) is 54.6 Å². The van der Waals surface area contributed by atoms with Crippen LogP contribution in [0.2, 0.25) is 0 Å². The third kappa shape index (κ3) is 2.88. The highest BCUT2D eigenvalue weighted by Crippen LogP contribution is 2.22. The lowest BCUT2D eigenvalue weighted by Gasteiger charge is -2.21. The minimum Gasteiger partial charge on any atom is -0.296 e. The Morgan fingerprint density at radius 2 is 1.65 bits per heavy atom. The van der Waals surface area contributed by atoms with E-state index < -0.39 is 5.91 Å². The van der Waals surface area contributed by atoms with Crippen LogP contribution >= 0.6 is 0 Å². The van der Waals surface area contributed by atoms with Crippen molar-refractivity contribution >= 4 is 11.6 Å². The predicted octanol–water partition coefficient (Wildman–Crippen LogP) is 2.83. The third-order valence-electron chi connectivity index (χ3n) is 2.90. The SMILES string of the molecule is C#CC(=O)N(Cc1ccccc1)c1ccccc1C#C. The van der Waals surface area contributed by atoms with Crippen LogP contribution in [0, 0.1) is 24.7 Å². The van der Waals surface area contributed by atoms with Crippen LogP contribution in [0.25, 0.3) is 0 Å². The number of carbonyl (C=O) groups excluding carboxylic acids is 1. The van der Waals surface area contributed by atoms with E-state index in [1.807, 2.05) is 42.5 Å². The van der Waals surface area contributed by atoms with Crippen molar-refractivity contribution in [3.63, 3.8) is 0 Å². The molecule has 2 heteroatoms. The van der Waals surface area contributed by atoms with Gasteiger partial charge >= 0.3 is 5.91 Å². The lowest BCUT2D eigenvalue weighted by molar-refractivity contribution is -0.113. The van der Waals surface area contributed by atoms with Gasteiger partial charge in [0.25, 0.3) is 0 Å². The summed E-state index contributed by atoms with van der Waals surface area (Å²) in [6.45, 7) is 0.391. The van der Waals surface area contributed by atoms with Crippen molar-refractivity contribution in [2.75, 3.05) is 4.90 Å². The number of nitrogens with zero attached hydrogens (tertiary/aromatic N) is 1. The maximum atomic E-state index is 12.0. The molecule has 0 spiro atoms. The Labute approximate surface area is 119 Å². The van der Waals surface area contributed by atoms with E-state index in [0.717, 1.165) is 5.56 Å². The normalized spacial score (nSPS) is 9.30. The Balaban J connectivity index is 2.42. The number of hydrogen-bond acceptors (Lipinski definition) is 1. The molecule has 0 atom stereocenters. The summed E-state index contributed by atoms with van der Waals surface area (Å²) < 4.78 is 0. The van der Waals surface area contributed by atoms with E-state index in [4.69, 9.17) is 12.8 Å². The number of terminal acetylenes is 2. The Morgan fingerprint density at radius 1 is 1.00 bits per heavy atom. The molecule has 2 aromatic rings. The van der Waals surface area contributed by atoms with Gasteiger partial charge in [0, 0.05) is 5.56 Å². The number of anilines is 1. The maximum Gasteiger partial charge on any atom is 0.302 e. The van der Waals surface area contributed by atoms with Gasteiger partial charge in [-0.3, -0.25) is 9.69 Å². The molecule has 2 aromatic carbocycles. The molecule has 2 nitrogen and oxygen atoms in total. The zero-order valence-corrected chi connectivity index (χ0v) is 10.9. The molecule has 0 aliphatic carbocycles. The molecule has 96 valence electrons. The van der Waals surface area contributed by atoms with Crippen LogP contribution < -0.4 is 4.90 Å². The topological polar surface area (TPSA) is 20.3 Å². The van der Waals surface area contributed by atoms with Crippen LogP contribution in [-0.2, 0) is 11.3 Å². The molecule has 0 aliphatic heterocycles. The molecule has 2 rings (SSSR count). The number of benzene rings is 2. The van der Waals surface area contributed by atoms with Crippen LogP contribution in [-0.4, -0.2) is 5.91 Å². The molecule has 0 heterocycles. The van der Waals surface area contributed by atoms with E-state index in [2.05, 4.69) is 11.8 Å². The van der Waals surface area contributed by atoms with Gasteiger partial charge in [0.2, 0.25) is 0 Å². The molecule has 1 amide bonds. The summed E-state index contributed by atoms with van der Waals surface area (Å²) in [5.41, 5.74) is 2.29. The smallest absolute Gasteiger partial charge is 0.296 e. The van der Waals surface area contributed by atoms with Crippen molar-refractivity contribution in [2.24, 2.45) is 0 Å². The summed E-state index contributed by atoms with van der Waals surface area (Å²) >= 11 is 0. The molecular formula is C18H13NO. The highest BCUT2D eigenvalue weighted by atomic mass is 16.2. The fourth-order valence-corrected chi connectivity index (χ4v) is 1.94. The van der Waals surface area contributed by atoms with Crippen molar-refractivity contribution in [3.05, 3.63) is 65.7 Å². The zero-order valence-electron chi connectivity index (χ0n) is 10.9. The number of rotatable bonds is 3. The second-order valence-electron chi connectivity index (χ2n) is 4.18. The number of carbonyl (C=O) groups is 1. The first-order chi connectivity index (χ1) is 9.76. The van der Waals surface area contributed by atoms with Crippen LogP contribution in [0.4, 0.5) is 5.69 Å². The van der Waals surface area contributed by atoms with Gasteiger partial charge in [0.1, 0.15) is 0 Å². The van der Waals surface area contributed by atoms with Crippen LogP contribution in [0.3, 0.4) is 0 Å². The second kappa shape index (κ2) is 6.27. The fraction of sp³-hybridized carbons (Fsp3) is 0.0556. The van der Waals surface area contributed by atoms with E-state index in [0.29, 0.717) is 17.8 Å². The maximum absolute atomic E-state index is 12.0. The van der Waals surface area contributed by atoms with Crippen molar-refractivity contribution in [1.82, 2.24) is 0 Å². The molecule has 0 bridgehead atoms. The lowest BCUT2D eigenvalue weighted by Crippen LogP contribution is -2.29. The molecule has 0 fully saturated rings. The average molecular weight is 259 g/mol. The van der Waals surface area contributed by atoms with Gasteiger partial charge in [0.05, 0.1) is 12.2 Å². The van der Waals surface area contributed by atoms with Crippen LogP contribution in [0.5, 0.6) is 0 Å². The molecule has 0 unspecified atom stereocenters. The number of para-hydroxylation sites is 1. The highest BCUT2D eigenvalue weighted by Gasteiger charge is 2.16. The van der Waals surface area contributed by atoms with Gasteiger partial charge in [-0.2, -0.15) is 0 Å². The Hall–Kier alpha value is -2.97. The average Bonchev–Trinajstić information content (AvgIpc) is 2.53. The monoisotopic (exact) mass is 259 g/mol. The van der Waals surface area contributed by atoms with E-state index in [-0.39, 0.29) is 0 Å². The molecule has 0 saturated heterocycles. The molecular weight excluding hydrogens is 246 g/mol. The Morgan fingerprint density at radius 3 is 2.30 bits per heavy atom. The van der Waals surface area contributed by atoms with E-state index in [1.54, 1.807) is 12.1 Å². The number of hydrogen-bond donors (Lipinski definition) is 0. The Kier molecular flexibility index (Phi) is 4.22. The first kappa shape index (κ1) is 13.5. The minimum atomic E-state index is -0.406. The van der Waals surface area contributed by atoms with Crippen molar-refractivity contribution in [2.45, 2.75) is 6.54 Å². The second-order valence-corrected chi connectivity index (χ2v) is 4.18. The number of amides is 1. The van der Waals surface area contributed by atoms with E-state index in [9.17, 15) is 4.79 Å². The van der Waals surface area contributed by atoms with Crippen molar-refractivity contribution in [1.29, 1.82) is 0 Å². The Bertz CT molecular complexity index is 689. The predicted molar refractivity (Wildman–Crippen MR) is 80.8 cm³/mol. The summed E-state index contributed by atoms with van der Waals surface area (Å²) in [4.78, 5) is 13.5. The highest BCUT2D eigenvalue weighted by molar-refractivity contribution is 6.06. The zero-order chi connectivity index (χ0) is 14.4.